The molecule has 0 atom stereocenters. The highest BCUT2D eigenvalue weighted by Gasteiger charge is 2.15. The molecule has 4 nitrogen and oxygen atoms in total. The second kappa shape index (κ2) is 4.38. The highest BCUT2D eigenvalue weighted by molar-refractivity contribution is 9.11. The van der Waals surface area contributed by atoms with Gasteiger partial charge in [-0.2, -0.15) is 0 Å². The van der Waals surface area contributed by atoms with E-state index in [9.17, 15) is 8.42 Å². The summed E-state index contributed by atoms with van der Waals surface area (Å²) < 4.78 is 26.3. The van der Waals surface area contributed by atoms with Crippen molar-refractivity contribution < 1.29 is 8.42 Å². The Kier molecular flexibility index (Phi) is 3.37. The fourth-order valence-electron chi connectivity index (χ4n) is 1.73. The molecule has 2 aromatic rings. The third-order valence-electron chi connectivity index (χ3n) is 2.52. The number of nitrogens with zero attached hydrogens (tertiary/aromatic N) is 1. The van der Waals surface area contributed by atoms with Gasteiger partial charge in [-0.3, -0.25) is 0 Å². The fraction of sp³-hybridized carbons (Fsp3) is 0.200. The zero-order valence-electron chi connectivity index (χ0n) is 8.94. The quantitative estimate of drug-likeness (QED) is 0.869. The lowest BCUT2D eigenvalue weighted by atomic mass is 10.2. The largest absolute Gasteiger partial charge is 0.346 e. The molecular formula is C10H10Br2N2O2S. The van der Waals surface area contributed by atoms with Crippen LogP contribution in [-0.4, -0.2) is 13.0 Å². The Labute approximate surface area is 116 Å². The van der Waals surface area contributed by atoms with Gasteiger partial charge in [-0.05, 0) is 50.9 Å². The molecule has 0 aliphatic carbocycles. The molecule has 2 rings (SSSR count). The van der Waals surface area contributed by atoms with Crippen LogP contribution >= 0.6 is 31.9 Å². The molecule has 2 N–H and O–H groups in total. The van der Waals surface area contributed by atoms with Crippen molar-refractivity contribution in [2.45, 2.75) is 18.4 Å². The van der Waals surface area contributed by atoms with Gasteiger partial charge in [-0.25, -0.2) is 13.6 Å². The number of fused-ring (bicyclic) bond motifs is 1. The van der Waals surface area contributed by atoms with Crippen molar-refractivity contribution in [3.05, 3.63) is 27.3 Å². The molecule has 0 unspecified atom stereocenters. The average molecular weight is 382 g/mol. The van der Waals surface area contributed by atoms with Gasteiger partial charge in [0.15, 0.2) is 0 Å². The molecule has 0 radical (unpaired) electrons. The number of nitrogens with two attached hydrogens (primary N) is 1. The number of aryl methyl sites for hydroxylation is 1. The van der Waals surface area contributed by atoms with Crippen molar-refractivity contribution in [2.24, 2.45) is 5.14 Å². The molecule has 1 aromatic heterocycles. The van der Waals surface area contributed by atoms with E-state index in [-0.39, 0.29) is 4.90 Å². The van der Waals surface area contributed by atoms with Crippen LogP contribution in [0.5, 0.6) is 0 Å². The number of sulfonamides is 1. The Hall–Kier alpha value is -0.370. The van der Waals surface area contributed by atoms with Gasteiger partial charge in [0.2, 0.25) is 10.0 Å². The molecule has 0 spiro atoms. The topological polar surface area (TPSA) is 65.1 Å². The average Bonchev–Trinajstić information content (AvgIpc) is 2.55. The summed E-state index contributed by atoms with van der Waals surface area (Å²) in [5.74, 6) is 0. The lowest BCUT2D eigenvalue weighted by Crippen LogP contribution is -2.12. The van der Waals surface area contributed by atoms with Gasteiger partial charge < -0.3 is 4.57 Å². The Bertz CT molecular complexity index is 692. The molecule has 0 aliphatic rings. The number of hydrogen-bond acceptors (Lipinski definition) is 2. The van der Waals surface area contributed by atoms with E-state index in [4.69, 9.17) is 5.14 Å². The standard InChI is InChI=1S/C10H10Br2N2O2S/c1-2-14-5-9(12)7-3-6(17(13,15)16)4-8(11)10(7)14/h3-5H,2H2,1H3,(H2,13,15,16). The summed E-state index contributed by atoms with van der Waals surface area (Å²) in [5, 5.41) is 5.96. The van der Waals surface area contributed by atoms with Crippen LogP contribution in [0, 0.1) is 0 Å². The van der Waals surface area contributed by atoms with Crippen LogP contribution < -0.4 is 5.14 Å². The molecule has 1 aromatic carbocycles. The van der Waals surface area contributed by atoms with Crippen LogP contribution in [-0.2, 0) is 16.6 Å². The highest BCUT2D eigenvalue weighted by atomic mass is 79.9. The summed E-state index contributed by atoms with van der Waals surface area (Å²) in [6.45, 7) is 2.82. The zero-order valence-corrected chi connectivity index (χ0v) is 12.9. The molecule has 7 heteroatoms. The lowest BCUT2D eigenvalue weighted by Gasteiger charge is -2.05. The molecule has 0 saturated heterocycles. The normalized spacial score (nSPS) is 12.2. The van der Waals surface area contributed by atoms with E-state index in [1.54, 1.807) is 6.07 Å². The summed E-state index contributed by atoms with van der Waals surface area (Å²) in [5.41, 5.74) is 0.951. The molecule has 92 valence electrons. The van der Waals surface area contributed by atoms with E-state index >= 15 is 0 Å². The maximum atomic E-state index is 11.4. The number of aromatic nitrogens is 1. The molecule has 1 heterocycles. The van der Waals surface area contributed by atoms with Crippen molar-refractivity contribution in [3.8, 4) is 0 Å². The van der Waals surface area contributed by atoms with Gasteiger partial charge in [0.1, 0.15) is 0 Å². The summed E-state index contributed by atoms with van der Waals surface area (Å²) in [4.78, 5) is 0.103. The molecule has 0 aliphatic heterocycles. The molecule has 0 saturated carbocycles. The number of benzene rings is 1. The van der Waals surface area contributed by atoms with Crippen molar-refractivity contribution >= 4 is 52.8 Å². The predicted molar refractivity (Wildman–Crippen MR) is 74.4 cm³/mol. The fourth-order valence-corrected chi connectivity index (χ4v) is 3.69. The molecular weight excluding hydrogens is 372 g/mol. The minimum absolute atomic E-state index is 0.103. The third-order valence-corrected chi connectivity index (χ3v) is 4.65. The van der Waals surface area contributed by atoms with Crippen LogP contribution in [0.25, 0.3) is 10.9 Å². The predicted octanol–water partition coefficient (Wildman–Crippen LogP) is 2.83. The third kappa shape index (κ3) is 2.29. The summed E-state index contributed by atoms with van der Waals surface area (Å²) in [6, 6.07) is 3.10. The SMILES string of the molecule is CCn1cc(Br)c2cc(S(N)(=O)=O)cc(Br)c21. The Morgan fingerprint density at radius 1 is 1.29 bits per heavy atom. The van der Waals surface area contributed by atoms with E-state index in [0.29, 0.717) is 4.47 Å². The van der Waals surface area contributed by atoms with Gasteiger partial charge in [-0.15, -0.1) is 0 Å². The van der Waals surface area contributed by atoms with E-state index in [1.165, 1.54) is 6.07 Å². The van der Waals surface area contributed by atoms with Crippen molar-refractivity contribution in [1.29, 1.82) is 0 Å². The second-order valence-electron chi connectivity index (χ2n) is 3.61. The Balaban J connectivity index is 2.88. The van der Waals surface area contributed by atoms with Crippen LogP contribution in [0.3, 0.4) is 0 Å². The van der Waals surface area contributed by atoms with Crippen LogP contribution in [0.15, 0.2) is 32.2 Å². The van der Waals surface area contributed by atoms with Gasteiger partial charge in [0.05, 0.1) is 10.4 Å². The maximum absolute atomic E-state index is 11.4. The minimum atomic E-state index is -3.69. The maximum Gasteiger partial charge on any atom is 0.238 e. The van der Waals surface area contributed by atoms with Crippen LogP contribution in [0.1, 0.15) is 6.92 Å². The monoisotopic (exact) mass is 380 g/mol. The van der Waals surface area contributed by atoms with Gasteiger partial charge in [0.25, 0.3) is 0 Å². The van der Waals surface area contributed by atoms with Crippen molar-refractivity contribution in [3.63, 3.8) is 0 Å². The highest BCUT2D eigenvalue weighted by Crippen LogP contribution is 2.33. The first kappa shape index (κ1) is 13.1. The first-order valence-corrected chi connectivity index (χ1v) is 7.98. The zero-order chi connectivity index (χ0) is 12.8. The van der Waals surface area contributed by atoms with E-state index in [1.807, 2.05) is 17.7 Å². The summed E-state index contributed by atoms with van der Waals surface area (Å²) in [6.07, 6.45) is 1.92. The van der Waals surface area contributed by atoms with Gasteiger partial charge >= 0.3 is 0 Å². The number of hydrogen-bond donors (Lipinski definition) is 1. The molecule has 0 amide bonds. The first-order valence-electron chi connectivity index (χ1n) is 4.85. The Morgan fingerprint density at radius 3 is 2.47 bits per heavy atom. The lowest BCUT2D eigenvalue weighted by molar-refractivity contribution is 0.598. The van der Waals surface area contributed by atoms with Crippen LogP contribution in [0.2, 0.25) is 0 Å². The number of rotatable bonds is 2. The van der Waals surface area contributed by atoms with E-state index < -0.39 is 10.0 Å². The van der Waals surface area contributed by atoms with E-state index in [2.05, 4.69) is 31.9 Å². The molecule has 17 heavy (non-hydrogen) atoms. The number of halogens is 2. The second-order valence-corrected chi connectivity index (χ2v) is 6.88. The van der Waals surface area contributed by atoms with Crippen LogP contribution in [0.4, 0.5) is 0 Å². The minimum Gasteiger partial charge on any atom is -0.346 e. The van der Waals surface area contributed by atoms with Crippen molar-refractivity contribution in [2.75, 3.05) is 0 Å². The molecule has 0 fully saturated rings. The van der Waals surface area contributed by atoms with E-state index in [0.717, 1.165) is 21.9 Å². The molecule has 0 bridgehead atoms. The first-order chi connectivity index (χ1) is 7.84. The number of primary sulfonamides is 1. The smallest absolute Gasteiger partial charge is 0.238 e. The summed E-state index contributed by atoms with van der Waals surface area (Å²) in [7, 11) is -3.69. The summed E-state index contributed by atoms with van der Waals surface area (Å²) >= 11 is 6.80. The van der Waals surface area contributed by atoms with Gasteiger partial charge in [0, 0.05) is 27.1 Å². The Morgan fingerprint density at radius 2 is 1.94 bits per heavy atom. The van der Waals surface area contributed by atoms with Gasteiger partial charge in [-0.1, -0.05) is 0 Å². The van der Waals surface area contributed by atoms with Crippen molar-refractivity contribution in [1.82, 2.24) is 4.57 Å².